The second kappa shape index (κ2) is 4.33. The number of rotatable bonds is 1. The van der Waals surface area contributed by atoms with Crippen molar-refractivity contribution in [3.63, 3.8) is 0 Å². The third-order valence-electron chi connectivity index (χ3n) is 1.29. The van der Waals surface area contributed by atoms with E-state index in [-0.39, 0.29) is 16.0 Å². The Labute approximate surface area is 97.6 Å². The number of aromatic nitrogens is 2. The molecule has 6 heteroatoms. The van der Waals surface area contributed by atoms with Crippen LogP contribution in [0.4, 0.5) is 0 Å². The van der Waals surface area contributed by atoms with Crippen molar-refractivity contribution in [1.82, 2.24) is 9.97 Å². The summed E-state index contributed by atoms with van der Waals surface area (Å²) in [5.41, 5.74) is -0.627. The maximum atomic E-state index is 11.5. The van der Waals surface area contributed by atoms with Crippen LogP contribution in [0, 0.1) is 0 Å². The van der Waals surface area contributed by atoms with Crippen molar-refractivity contribution in [2.45, 2.75) is 26.4 Å². The summed E-state index contributed by atoms with van der Waals surface area (Å²) in [7, 11) is 0. The molecule has 0 N–H and O–H groups in total. The summed E-state index contributed by atoms with van der Waals surface area (Å²) in [6, 6.07) is 0. The third-order valence-corrected chi connectivity index (χ3v) is 1.74. The molecule has 0 saturated heterocycles. The predicted molar refractivity (Wildman–Crippen MR) is 57.2 cm³/mol. The molecule has 0 unspecified atom stereocenters. The van der Waals surface area contributed by atoms with E-state index in [9.17, 15) is 4.79 Å². The molecule has 4 nitrogen and oxygen atoms in total. The summed E-state index contributed by atoms with van der Waals surface area (Å²) >= 11 is 11.2. The summed E-state index contributed by atoms with van der Waals surface area (Å²) in [5, 5.41) is 0.0732. The molecule has 1 aromatic heterocycles. The molecule has 0 fully saturated rings. The molecule has 1 rings (SSSR count). The van der Waals surface area contributed by atoms with E-state index in [0.717, 1.165) is 0 Å². The minimum Gasteiger partial charge on any atom is -0.455 e. The highest BCUT2D eigenvalue weighted by Gasteiger charge is 2.21. The van der Waals surface area contributed by atoms with Crippen molar-refractivity contribution < 1.29 is 9.53 Å². The second-order valence-corrected chi connectivity index (χ2v) is 4.58. The first-order valence-electron chi connectivity index (χ1n) is 4.21. The number of hydrogen-bond donors (Lipinski definition) is 0. The molecule has 15 heavy (non-hydrogen) atoms. The largest absolute Gasteiger partial charge is 0.455 e. The van der Waals surface area contributed by atoms with Gasteiger partial charge in [-0.25, -0.2) is 14.8 Å². The molecule has 0 spiro atoms. The summed E-state index contributed by atoms with van der Waals surface area (Å²) in [4.78, 5) is 19.0. The number of carbonyl (C=O) groups excluding carboxylic acids is 1. The van der Waals surface area contributed by atoms with Gasteiger partial charge in [-0.3, -0.25) is 0 Å². The lowest BCUT2D eigenvalue weighted by Crippen LogP contribution is -2.24. The van der Waals surface area contributed by atoms with Crippen molar-refractivity contribution in [3.8, 4) is 0 Å². The maximum Gasteiger partial charge on any atom is 0.360 e. The van der Waals surface area contributed by atoms with E-state index < -0.39 is 11.6 Å². The van der Waals surface area contributed by atoms with E-state index >= 15 is 0 Å². The maximum absolute atomic E-state index is 11.5. The summed E-state index contributed by atoms with van der Waals surface area (Å²) in [6.07, 6.45) is 1.24. The molecule has 0 aliphatic rings. The molecule has 0 atom stereocenters. The molecule has 0 aromatic carbocycles. The van der Waals surface area contributed by atoms with Gasteiger partial charge in [0.1, 0.15) is 10.8 Å². The van der Waals surface area contributed by atoms with E-state index in [1.54, 1.807) is 20.8 Å². The van der Waals surface area contributed by atoms with Crippen LogP contribution in [-0.2, 0) is 4.74 Å². The molecule has 1 heterocycles. The highest BCUT2D eigenvalue weighted by Crippen LogP contribution is 2.17. The zero-order chi connectivity index (χ0) is 11.6. The van der Waals surface area contributed by atoms with E-state index in [2.05, 4.69) is 9.97 Å². The molecule has 0 bridgehead atoms. The fraction of sp³-hybridized carbons (Fsp3) is 0.444. The van der Waals surface area contributed by atoms with Gasteiger partial charge in [0.25, 0.3) is 0 Å². The lowest BCUT2D eigenvalue weighted by molar-refractivity contribution is 0.00626. The normalized spacial score (nSPS) is 11.3. The number of carbonyl (C=O) groups is 1. The average Bonchev–Trinajstić information content (AvgIpc) is 1.99. The Morgan fingerprint density at radius 1 is 1.40 bits per heavy atom. The lowest BCUT2D eigenvalue weighted by Gasteiger charge is -2.19. The van der Waals surface area contributed by atoms with Crippen LogP contribution < -0.4 is 0 Å². The SMILES string of the molecule is CC(C)(C)OC(=O)c1ncc(Cl)nc1Cl. The van der Waals surface area contributed by atoms with E-state index in [0.29, 0.717) is 0 Å². The van der Waals surface area contributed by atoms with Gasteiger partial charge in [0, 0.05) is 0 Å². The molecule has 0 radical (unpaired) electrons. The molecule has 0 aliphatic heterocycles. The monoisotopic (exact) mass is 248 g/mol. The van der Waals surface area contributed by atoms with Gasteiger partial charge in [-0.15, -0.1) is 0 Å². The van der Waals surface area contributed by atoms with Crippen LogP contribution in [0.5, 0.6) is 0 Å². The van der Waals surface area contributed by atoms with Gasteiger partial charge < -0.3 is 4.74 Å². The van der Waals surface area contributed by atoms with Gasteiger partial charge in [-0.05, 0) is 20.8 Å². The molecule has 0 amide bonds. The third kappa shape index (κ3) is 3.64. The van der Waals surface area contributed by atoms with Crippen LogP contribution in [0.3, 0.4) is 0 Å². The van der Waals surface area contributed by atoms with E-state index in [1.807, 2.05) is 0 Å². The summed E-state index contributed by atoms with van der Waals surface area (Å²) in [5.74, 6) is -0.614. The number of esters is 1. The summed E-state index contributed by atoms with van der Waals surface area (Å²) < 4.78 is 5.08. The smallest absolute Gasteiger partial charge is 0.360 e. The zero-order valence-electron chi connectivity index (χ0n) is 8.54. The Hall–Kier alpha value is -0.870. The molecule has 82 valence electrons. The van der Waals surface area contributed by atoms with Gasteiger partial charge in [0.05, 0.1) is 6.20 Å². The fourth-order valence-corrected chi connectivity index (χ4v) is 1.20. The highest BCUT2D eigenvalue weighted by atomic mass is 35.5. The Morgan fingerprint density at radius 2 is 2.00 bits per heavy atom. The van der Waals surface area contributed by atoms with E-state index in [4.69, 9.17) is 27.9 Å². The quantitative estimate of drug-likeness (QED) is 0.718. The van der Waals surface area contributed by atoms with Crippen LogP contribution in [-0.4, -0.2) is 21.5 Å². The molecular formula is C9H10Cl2N2O2. The van der Waals surface area contributed by atoms with E-state index in [1.165, 1.54) is 6.20 Å². The van der Waals surface area contributed by atoms with Crippen molar-refractivity contribution in [2.24, 2.45) is 0 Å². The number of hydrogen-bond acceptors (Lipinski definition) is 4. The molecule has 0 saturated carbocycles. The lowest BCUT2D eigenvalue weighted by atomic mass is 10.2. The van der Waals surface area contributed by atoms with Crippen LogP contribution in [0.1, 0.15) is 31.3 Å². The van der Waals surface area contributed by atoms with Gasteiger partial charge in [0.2, 0.25) is 0 Å². The Bertz CT molecular complexity index is 388. The first kappa shape index (κ1) is 12.2. The van der Waals surface area contributed by atoms with Gasteiger partial charge in [-0.1, -0.05) is 23.2 Å². The van der Waals surface area contributed by atoms with Crippen LogP contribution in [0.25, 0.3) is 0 Å². The molecular weight excluding hydrogens is 239 g/mol. The minimum atomic E-state index is -0.614. The Balaban J connectivity index is 2.92. The number of ether oxygens (including phenoxy) is 1. The Morgan fingerprint density at radius 3 is 2.47 bits per heavy atom. The fourth-order valence-electron chi connectivity index (χ4n) is 0.810. The van der Waals surface area contributed by atoms with Crippen LogP contribution in [0.15, 0.2) is 6.20 Å². The van der Waals surface area contributed by atoms with Crippen molar-refractivity contribution >= 4 is 29.2 Å². The standard InChI is InChI=1S/C9H10Cl2N2O2/c1-9(2,3)15-8(14)6-7(11)13-5(10)4-12-6/h4H,1-3H3. The van der Waals surface area contributed by atoms with Gasteiger partial charge >= 0.3 is 5.97 Å². The van der Waals surface area contributed by atoms with Gasteiger partial charge in [0.15, 0.2) is 10.8 Å². The first-order valence-corrected chi connectivity index (χ1v) is 4.96. The average molecular weight is 249 g/mol. The summed E-state index contributed by atoms with van der Waals surface area (Å²) in [6.45, 7) is 5.26. The first-order chi connectivity index (χ1) is 6.79. The molecule has 1 aromatic rings. The van der Waals surface area contributed by atoms with Gasteiger partial charge in [-0.2, -0.15) is 0 Å². The number of halogens is 2. The highest BCUT2D eigenvalue weighted by molar-refractivity contribution is 6.34. The topological polar surface area (TPSA) is 52.1 Å². The molecule has 0 aliphatic carbocycles. The zero-order valence-corrected chi connectivity index (χ0v) is 10.1. The minimum absolute atomic E-state index is 0.0315. The second-order valence-electron chi connectivity index (χ2n) is 3.83. The van der Waals surface area contributed by atoms with Crippen LogP contribution >= 0.6 is 23.2 Å². The number of nitrogens with zero attached hydrogens (tertiary/aromatic N) is 2. The Kier molecular flexibility index (Phi) is 3.52. The van der Waals surface area contributed by atoms with Crippen molar-refractivity contribution in [1.29, 1.82) is 0 Å². The predicted octanol–water partition coefficient (Wildman–Crippen LogP) is 2.74. The van der Waals surface area contributed by atoms with Crippen molar-refractivity contribution in [2.75, 3.05) is 0 Å². The van der Waals surface area contributed by atoms with Crippen molar-refractivity contribution in [3.05, 3.63) is 22.2 Å². The van der Waals surface area contributed by atoms with Crippen LogP contribution in [0.2, 0.25) is 10.3 Å².